The van der Waals surface area contributed by atoms with Crippen molar-refractivity contribution in [2.24, 2.45) is 5.73 Å². The third kappa shape index (κ3) is 6.99. The Morgan fingerprint density at radius 3 is 2.28 bits per heavy atom. The highest BCUT2D eigenvalue weighted by Crippen LogP contribution is 2.38. The van der Waals surface area contributed by atoms with Crippen LogP contribution in [0.2, 0.25) is 5.02 Å². The van der Waals surface area contributed by atoms with E-state index in [2.05, 4.69) is 14.7 Å². The number of aromatic nitrogens is 2. The number of benzene rings is 2. The molecule has 2 aromatic carbocycles. The van der Waals surface area contributed by atoms with Crippen LogP contribution in [0.25, 0.3) is 0 Å². The lowest BCUT2D eigenvalue weighted by molar-refractivity contribution is 0.0996. The zero-order chi connectivity index (χ0) is 26.5. The topological polar surface area (TPSA) is 134 Å². The molecule has 1 heterocycles. The molecule has 0 aliphatic rings. The van der Waals surface area contributed by atoms with E-state index >= 15 is 0 Å². The fraction of sp³-hybridized carbons (Fsp3) is 0.292. The van der Waals surface area contributed by atoms with Gasteiger partial charge in [0.15, 0.2) is 5.75 Å². The molecule has 0 bridgehead atoms. The van der Waals surface area contributed by atoms with Crippen molar-refractivity contribution in [2.45, 2.75) is 25.9 Å². The van der Waals surface area contributed by atoms with E-state index in [1.54, 1.807) is 12.1 Å². The number of nitrogens with zero attached hydrogens (tertiary/aromatic N) is 2. The summed E-state index contributed by atoms with van der Waals surface area (Å²) in [5.41, 5.74) is 7.66. The highest BCUT2D eigenvalue weighted by Gasteiger charge is 2.27. The monoisotopic (exact) mass is 552 g/mol. The highest BCUT2D eigenvalue weighted by molar-refractivity contribution is 7.91. The van der Waals surface area contributed by atoms with Gasteiger partial charge in [-0.3, -0.25) is 9.52 Å². The van der Waals surface area contributed by atoms with Crippen molar-refractivity contribution in [3.05, 3.63) is 76.1 Å². The fourth-order valence-corrected chi connectivity index (χ4v) is 4.16. The van der Waals surface area contributed by atoms with Crippen LogP contribution in [-0.2, 0) is 22.0 Å². The number of primary amides is 1. The Kier molecular flexibility index (Phi) is 8.65. The second-order valence-corrected chi connectivity index (χ2v) is 11.0. The summed E-state index contributed by atoms with van der Waals surface area (Å²) in [6.07, 6.45) is 3.99. The van der Waals surface area contributed by atoms with Crippen molar-refractivity contribution >= 4 is 45.1 Å². The number of ether oxygens (including phenoxy) is 2. The Morgan fingerprint density at radius 1 is 1.08 bits per heavy atom. The maximum atomic E-state index is 12.1. The summed E-state index contributed by atoms with van der Waals surface area (Å²) in [6, 6.07) is 10.9. The first kappa shape index (κ1) is 27.5. The standard InChI is InChI=1S/C24H26Cl2N4O5S/c1-24(2,17-10-19(22(27)31)21(20(26)11-17)34-9-8-25)16-4-6-18(7-5-16)35-14-15-12-28-23(29-13-15)30-36(3,32)33/h4-7,10-13H,8-9,14H2,1-3H3,(H2,27,31)(H,28,29,30). The van der Waals surface area contributed by atoms with E-state index in [4.69, 9.17) is 38.4 Å². The van der Waals surface area contributed by atoms with Gasteiger partial charge in [0.05, 0.1) is 22.7 Å². The number of amides is 1. The number of anilines is 1. The molecule has 0 saturated carbocycles. The quantitative estimate of drug-likeness (QED) is 0.341. The van der Waals surface area contributed by atoms with Gasteiger partial charge in [-0.2, -0.15) is 0 Å². The molecule has 36 heavy (non-hydrogen) atoms. The summed E-state index contributed by atoms with van der Waals surface area (Å²) in [5, 5.41) is 0.277. The van der Waals surface area contributed by atoms with Crippen LogP contribution < -0.4 is 19.9 Å². The number of nitrogens with two attached hydrogens (primary N) is 1. The highest BCUT2D eigenvalue weighted by atomic mass is 35.5. The average Bonchev–Trinajstić information content (AvgIpc) is 2.81. The second kappa shape index (κ2) is 11.3. The van der Waals surface area contributed by atoms with Crippen LogP contribution in [0.5, 0.6) is 11.5 Å². The van der Waals surface area contributed by atoms with Crippen LogP contribution in [0.15, 0.2) is 48.8 Å². The van der Waals surface area contributed by atoms with Gasteiger partial charge in [0.25, 0.3) is 5.91 Å². The Morgan fingerprint density at radius 2 is 1.72 bits per heavy atom. The summed E-state index contributed by atoms with van der Waals surface area (Å²) in [4.78, 5) is 20.0. The molecule has 3 rings (SSSR count). The van der Waals surface area contributed by atoms with Gasteiger partial charge < -0.3 is 15.2 Å². The number of rotatable bonds is 11. The van der Waals surface area contributed by atoms with Crippen LogP contribution in [-0.4, -0.2) is 43.0 Å². The first-order valence-electron chi connectivity index (χ1n) is 10.8. The molecule has 192 valence electrons. The Labute approximate surface area is 220 Å². The number of alkyl halides is 1. The molecule has 0 unspecified atom stereocenters. The largest absolute Gasteiger partial charge is 0.490 e. The lowest BCUT2D eigenvalue weighted by Gasteiger charge is -2.27. The van der Waals surface area contributed by atoms with Gasteiger partial charge in [-0.25, -0.2) is 18.4 Å². The van der Waals surface area contributed by atoms with E-state index in [-0.39, 0.29) is 41.4 Å². The van der Waals surface area contributed by atoms with Crippen LogP contribution >= 0.6 is 23.2 Å². The number of halogens is 2. The predicted octanol–water partition coefficient (Wildman–Crippen LogP) is 4.12. The van der Waals surface area contributed by atoms with E-state index in [1.807, 2.05) is 38.1 Å². The van der Waals surface area contributed by atoms with Crippen LogP contribution in [0.3, 0.4) is 0 Å². The van der Waals surface area contributed by atoms with Crippen LogP contribution in [0.4, 0.5) is 5.95 Å². The first-order valence-corrected chi connectivity index (χ1v) is 13.6. The van der Waals surface area contributed by atoms with Crippen molar-refractivity contribution in [2.75, 3.05) is 23.5 Å². The average molecular weight is 553 g/mol. The Balaban J connectivity index is 1.75. The lowest BCUT2D eigenvalue weighted by Crippen LogP contribution is -2.21. The minimum atomic E-state index is -3.44. The molecule has 0 aliphatic carbocycles. The molecule has 12 heteroatoms. The maximum Gasteiger partial charge on any atom is 0.252 e. The smallest absolute Gasteiger partial charge is 0.252 e. The molecule has 0 saturated heterocycles. The molecule has 1 aromatic heterocycles. The van der Waals surface area contributed by atoms with Crippen LogP contribution in [0.1, 0.15) is 40.9 Å². The molecule has 0 radical (unpaired) electrons. The number of hydrogen-bond donors (Lipinski definition) is 2. The number of nitrogens with one attached hydrogen (secondary N) is 1. The van der Waals surface area contributed by atoms with Gasteiger partial charge in [0.2, 0.25) is 16.0 Å². The van der Waals surface area contributed by atoms with E-state index in [1.165, 1.54) is 12.4 Å². The maximum absolute atomic E-state index is 12.1. The van der Waals surface area contributed by atoms with Gasteiger partial charge in [0.1, 0.15) is 19.0 Å². The van der Waals surface area contributed by atoms with Crippen molar-refractivity contribution in [1.29, 1.82) is 0 Å². The second-order valence-electron chi connectivity index (χ2n) is 8.46. The number of hydrogen-bond acceptors (Lipinski definition) is 7. The number of sulfonamides is 1. The normalized spacial score (nSPS) is 11.7. The van der Waals surface area contributed by atoms with E-state index < -0.39 is 21.3 Å². The van der Waals surface area contributed by atoms with Crippen LogP contribution in [0, 0.1) is 0 Å². The molecule has 3 N–H and O–H groups in total. The van der Waals surface area contributed by atoms with Crippen molar-refractivity contribution < 1.29 is 22.7 Å². The molecule has 0 atom stereocenters. The van der Waals surface area contributed by atoms with Gasteiger partial charge in [-0.1, -0.05) is 37.6 Å². The Bertz CT molecular complexity index is 1330. The Hall–Kier alpha value is -3.08. The van der Waals surface area contributed by atoms with Gasteiger partial charge in [-0.05, 0) is 35.4 Å². The molecular weight excluding hydrogens is 527 g/mol. The lowest BCUT2D eigenvalue weighted by atomic mass is 9.77. The third-order valence-corrected chi connectivity index (χ3v) is 6.31. The SMILES string of the molecule is CC(C)(c1ccc(OCc2cnc(NS(C)(=O)=O)nc2)cc1)c1cc(Cl)c(OCCCl)c(C(N)=O)c1. The summed E-state index contributed by atoms with van der Waals surface area (Å²) in [6.45, 7) is 4.40. The molecule has 0 fully saturated rings. The summed E-state index contributed by atoms with van der Waals surface area (Å²) in [7, 11) is -3.44. The summed E-state index contributed by atoms with van der Waals surface area (Å²) in [5.74, 6) is 0.429. The number of carbonyl (C=O) groups is 1. The number of carbonyl (C=O) groups excluding carboxylic acids is 1. The zero-order valence-electron chi connectivity index (χ0n) is 19.9. The summed E-state index contributed by atoms with van der Waals surface area (Å²) < 4.78 is 36.0. The van der Waals surface area contributed by atoms with Crippen molar-refractivity contribution in [3.8, 4) is 11.5 Å². The fourth-order valence-electron chi connectivity index (χ4n) is 3.37. The molecule has 0 aliphatic heterocycles. The molecular formula is C24H26Cl2N4O5S. The molecule has 3 aromatic rings. The first-order chi connectivity index (χ1) is 16.9. The van der Waals surface area contributed by atoms with Crippen molar-refractivity contribution in [3.63, 3.8) is 0 Å². The van der Waals surface area contributed by atoms with E-state index in [0.29, 0.717) is 11.3 Å². The third-order valence-electron chi connectivity index (χ3n) is 5.32. The molecule has 0 spiro atoms. The van der Waals surface area contributed by atoms with Gasteiger partial charge >= 0.3 is 0 Å². The van der Waals surface area contributed by atoms with Gasteiger partial charge in [-0.15, -0.1) is 11.6 Å². The summed E-state index contributed by atoms with van der Waals surface area (Å²) >= 11 is 12.1. The van der Waals surface area contributed by atoms with E-state index in [0.717, 1.165) is 17.4 Å². The minimum Gasteiger partial charge on any atom is -0.490 e. The molecule has 1 amide bonds. The van der Waals surface area contributed by atoms with E-state index in [9.17, 15) is 13.2 Å². The minimum absolute atomic E-state index is 0.00827. The van der Waals surface area contributed by atoms with Crippen molar-refractivity contribution in [1.82, 2.24) is 9.97 Å². The molecule has 9 nitrogen and oxygen atoms in total. The zero-order valence-corrected chi connectivity index (χ0v) is 22.2. The van der Waals surface area contributed by atoms with Gasteiger partial charge in [0, 0.05) is 23.4 Å². The predicted molar refractivity (Wildman–Crippen MR) is 140 cm³/mol.